The number of rotatable bonds is 3. The molecule has 0 spiro atoms. The molecular formula is C10H13N3. The number of hydrogen-bond donors (Lipinski definition) is 1. The molecule has 1 aromatic heterocycles. The Morgan fingerprint density at radius 1 is 1.46 bits per heavy atom. The van der Waals surface area contributed by atoms with Crippen molar-refractivity contribution in [3.8, 4) is 11.8 Å². The first kappa shape index (κ1) is 9.53. The molecule has 0 fully saturated rings. The van der Waals surface area contributed by atoms with E-state index in [0.717, 1.165) is 17.9 Å². The standard InChI is InChI=1S/C10H13N3/c1-3-5-6-11-10-7-9(4-2)12-8-13-10/h7-8H,4,6H2,1-2H3,(H,11,12,13). The lowest BCUT2D eigenvalue weighted by molar-refractivity contribution is 0.996. The first-order chi connectivity index (χ1) is 6.36. The third-order valence-electron chi connectivity index (χ3n) is 1.62. The molecule has 0 bridgehead atoms. The van der Waals surface area contributed by atoms with E-state index in [-0.39, 0.29) is 0 Å². The molecule has 0 saturated heterocycles. The van der Waals surface area contributed by atoms with E-state index in [1.807, 2.05) is 13.0 Å². The van der Waals surface area contributed by atoms with Crippen molar-refractivity contribution in [3.05, 3.63) is 18.1 Å². The summed E-state index contributed by atoms with van der Waals surface area (Å²) in [6, 6.07) is 1.94. The number of aromatic nitrogens is 2. The van der Waals surface area contributed by atoms with Crippen molar-refractivity contribution < 1.29 is 0 Å². The fourth-order valence-corrected chi connectivity index (χ4v) is 0.911. The van der Waals surface area contributed by atoms with Crippen LogP contribution in [0.5, 0.6) is 0 Å². The van der Waals surface area contributed by atoms with Gasteiger partial charge < -0.3 is 5.32 Å². The molecule has 3 heteroatoms. The van der Waals surface area contributed by atoms with Crippen molar-refractivity contribution in [3.63, 3.8) is 0 Å². The summed E-state index contributed by atoms with van der Waals surface area (Å²) in [6.45, 7) is 4.52. The summed E-state index contributed by atoms with van der Waals surface area (Å²) in [5, 5.41) is 3.10. The summed E-state index contributed by atoms with van der Waals surface area (Å²) in [7, 11) is 0. The predicted octanol–water partition coefficient (Wildman–Crippen LogP) is 1.47. The summed E-state index contributed by atoms with van der Waals surface area (Å²) >= 11 is 0. The van der Waals surface area contributed by atoms with E-state index in [0.29, 0.717) is 6.54 Å². The van der Waals surface area contributed by atoms with Gasteiger partial charge >= 0.3 is 0 Å². The van der Waals surface area contributed by atoms with Crippen LogP contribution in [0, 0.1) is 11.8 Å². The normalized spacial score (nSPS) is 8.77. The molecule has 1 rings (SSSR count). The minimum Gasteiger partial charge on any atom is -0.359 e. The highest BCUT2D eigenvalue weighted by Gasteiger charge is 1.94. The van der Waals surface area contributed by atoms with E-state index in [4.69, 9.17) is 0 Å². The van der Waals surface area contributed by atoms with Gasteiger partial charge in [0, 0.05) is 11.8 Å². The third kappa shape index (κ3) is 3.12. The molecule has 0 aliphatic heterocycles. The molecule has 0 unspecified atom stereocenters. The van der Waals surface area contributed by atoms with E-state index >= 15 is 0 Å². The van der Waals surface area contributed by atoms with Gasteiger partial charge in [-0.2, -0.15) is 0 Å². The van der Waals surface area contributed by atoms with Crippen LogP contribution in [-0.4, -0.2) is 16.5 Å². The molecule has 1 N–H and O–H groups in total. The van der Waals surface area contributed by atoms with E-state index in [2.05, 4.69) is 34.0 Å². The van der Waals surface area contributed by atoms with Gasteiger partial charge in [0.2, 0.25) is 0 Å². The van der Waals surface area contributed by atoms with Gasteiger partial charge in [-0.05, 0) is 13.3 Å². The van der Waals surface area contributed by atoms with Gasteiger partial charge in [-0.25, -0.2) is 9.97 Å². The molecule has 13 heavy (non-hydrogen) atoms. The highest BCUT2D eigenvalue weighted by molar-refractivity contribution is 5.36. The molecule has 0 atom stereocenters. The van der Waals surface area contributed by atoms with Gasteiger partial charge in [0.05, 0.1) is 6.54 Å². The minimum atomic E-state index is 0.636. The van der Waals surface area contributed by atoms with Crippen LogP contribution >= 0.6 is 0 Å². The molecule has 1 aromatic rings. The van der Waals surface area contributed by atoms with Crippen molar-refractivity contribution in [2.45, 2.75) is 20.3 Å². The zero-order valence-electron chi connectivity index (χ0n) is 7.96. The Morgan fingerprint density at radius 3 is 3.00 bits per heavy atom. The average Bonchev–Trinajstić information content (AvgIpc) is 2.19. The Bertz CT molecular complexity index is 322. The molecule has 0 aliphatic rings. The van der Waals surface area contributed by atoms with E-state index in [1.54, 1.807) is 6.33 Å². The van der Waals surface area contributed by atoms with Crippen molar-refractivity contribution >= 4 is 5.82 Å². The van der Waals surface area contributed by atoms with Gasteiger partial charge in [0.15, 0.2) is 0 Å². The van der Waals surface area contributed by atoms with Gasteiger partial charge in [0.1, 0.15) is 12.1 Å². The third-order valence-corrected chi connectivity index (χ3v) is 1.62. The largest absolute Gasteiger partial charge is 0.359 e. The molecule has 0 amide bonds. The molecule has 0 radical (unpaired) electrons. The summed E-state index contributed by atoms with van der Waals surface area (Å²) in [5.74, 6) is 6.57. The van der Waals surface area contributed by atoms with E-state index < -0.39 is 0 Å². The lowest BCUT2D eigenvalue weighted by Crippen LogP contribution is -2.02. The highest BCUT2D eigenvalue weighted by atomic mass is 15.0. The lowest BCUT2D eigenvalue weighted by Gasteiger charge is -2.01. The van der Waals surface area contributed by atoms with Gasteiger partial charge in [-0.3, -0.25) is 0 Å². The Labute approximate surface area is 78.6 Å². The van der Waals surface area contributed by atoms with Crippen molar-refractivity contribution in [1.29, 1.82) is 0 Å². The second-order valence-electron chi connectivity index (χ2n) is 2.53. The fourth-order valence-electron chi connectivity index (χ4n) is 0.911. The van der Waals surface area contributed by atoms with Crippen LogP contribution in [-0.2, 0) is 6.42 Å². The number of aryl methyl sites for hydroxylation is 1. The second kappa shape index (κ2) is 5.15. The average molecular weight is 175 g/mol. The first-order valence-corrected chi connectivity index (χ1v) is 4.31. The summed E-state index contributed by atoms with van der Waals surface area (Å²) < 4.78 is 0. The molecule has 0 aliphatic carbocycles. The van der Waals surface area contributed by atoms with E-state index in [1.165, 1.54) is 0 Å². The number of hydrogen-bond acceptors (Lipinski definition) is 3. The van der Waals surface area contributed by atoms with Crippen LogP contribution in [0.2, 0.25) is 0 Å². The maximum Gasteiger partial charge on any atom is 0.130 e. The van der Waals surface area contributed by atoms with Gasteiger partial charge in [0.25, 0.3) is 0 Å². The zero-order chi connectivity index (χ0) is 9.52. The number of anilines is 1. The predicted molar refractivity (Wildman–Crippen MR) is 53.3 cm³/mol. The maximum atomic E-state index is 4.10. The van der Waals surface area contributed by atoms with Crippen LogP contribution in [0.4, 0.5) is 5.82 Å². The SMILES string of the molecule is CC#CCNc1cc(CC)ncn1. The topological polar surface area (TPSA) is 37.8 Å². The van der Waals surface area contributed by atoms with Gasteiger partial charge in [-0.15, -0.1) is 5.92 Å². The molecular weight excluding hydrogens is 162 g/mol. The quantitative estimate of drug-likeness (QED) is 0.707. The number of nitrogens with zero attached hydrogens (tertiary/aromatic N) is 2. The molecule has 1 heterocycles. The van der Waals surface area contributed by atoms with Crippen LogP contribution in [0.25, 0.3) is 0 Å². The van der Waals surface area contributed by atoms with Gasteiger partial charge in [-0.1, -0.05) is 12.8 Å². The molecule has 3 nitrogen and oxygen atoms in total. The Balaban J connectivity index is 2.59. The molecule has 0 aromatic carbocycles. The minimum absolute atomic E-state index is 0.636. The fraction of sp³-hybridized carbons (Fsp3) is 0.400. The molecule has 0 saturated carbocycles. The lowest BCUT2D eigenvalue weighted by atomic mass is 10.3. The Hall–Kier alpha value is -1.56. The Morgan fingerprint density at radius 2 is 2.31 bits per heavy atom. The zero-order valence-corrected chi connectivity index (χ0v) is 7.96. The molecule has 68 valence electrons. The van der Waals surface area contributed by atoms with Crippen LogP contribution in [0.1, 0.15) is 19.5 Å². The Kier molecular flexibility index (Phi) is 3.77. The number of nitrogens with one attached hydrogen (secondary N) is 1. The van der Waals surface area contributed by atoms with Crippen molar-refractivity contribution in [2.24, 2.45) is 0 Å². The van der Waals surface area contributed by atoms with Crippen LogP contribution in [0.15, 0.2) is 12.4 Å². The van der Waals surface area contributed by atoms with Crippen molar-refractivity contribution in [1.82, 2.24) is 9.97 Å². The summed E-state index contributed by atoms with van der Waals surface area (Å²) in [5.41, 5.74) is 1.04. The monoisotopic (exact) mass is 175 g/mol. The van der Waals surface area contributed by atoms with Crippen LogP contribution in [0.3, 0.4) is 0 Å². The summed E-state index contributed by atoms with van der Waals surface area (Å²) in [4.78, 5) is 8.17. The first-order valence-electron chi connectivity index (χ1n) is 4.31. The maximum absolute atomic E-state index is 4.10. The van der Waals surface area contributed by atoms with E-state index in [9.17, 15) is 0 Å². The van der Waals surface area contributed by atoms with Crippen molar-refractivity contribution in [2.75, 3.05) is 11.9 Å². The smallest absolute Gasteiger partial charge is 0.130 e. The summed E-state index contributed by atoms with van der Waals surface area (Å²) in [6.07, 6.45) is 2.50. The highest BCUT2D eigenvalue weighted by Crippen LogP contribution is 2.03. The van der Waals surface area contributed by atoms with Crippen LogP contribution < -0.4 is 5.32 Å². The second-order valence-corrected chi connectivity index (χ2v) is 2.53.